The van der Waals surface area contributed by atoms with Crippen LogP contribution in [-0.2, 0) is 29.0 Å². The number of hydrogen-bond acceptors (Lipinski definition) is 3. The van der Waals surface area contributed by atoms with Crippen molar-refractivity contribution in [3.05, 3.63) is 71.7 Å². The van der Waals surface area contributed by atoms with Gasteiger partial charge in [0.2, 0.25) is 0 Å². The van der Waals surface area contributed by atoms with Gasteiger partial charge in [0.05, 0.1) is 32.9 Å². The number of aryl methyl sites for hydroxylation is 1. The third-order valence-corrected chi connectivity index (χ3v) is 9.24. The van der Waals surface area contributed by atoms with Crippen molar-refractivity contribution in [1.82, 2.24) is 0 Å². The number of esters is 1. The van der Waals surface area contributed by atoms with E-state index in [1.165, 1.54) is 23.8 Å². The minimum atomic E-state index is -0.388. The Hall–Kier alpha value is -2.33. The van der Waals surface area contributed by atoms with Gasteiger partial charge in [0, 0.05) is 5.56 Å². The highest BCUT2D eigenvalue weighted by atomic mass is 16.5. The van der Waals surface area contributed by atoms with E-state index in [4.69, 9.17) is 9.15 Å². The van der Waals surface area contributed by atoms with Crippen LogP contribution in [-0.4, -0.2) is 31.7 Å². The zero-order chi connectivity index (χ0) is 25.3. The van der Waals surface area contributed by atoms with E-state index in [9.17, 15) is 4.79 Å². The highest BCUT2D eigenvalue weighted by Gasteiger charge is 2.57. The largest absolute Gasteiger partial charge is 0.469 e. The molecule has 2 aliphatic carbocycles. The van der Waals surface area contributed by atoms with Crippen molar-refractivity contribution in [2.45, 2.75) is 71.9 Å². The summed E-state index contributed by atoms with van der Waals surface area (Å²) in [5, 5.41) is 0. The molecule has 2 aromatic rings. The second-order valence-electron chi connectivity index (χ2n) is 12.2. The predicted octanol–water partition coefficient (Wildman–Crippen LogP) is 6.94. The lowest BCUT2D eigenvalue weighted by molar-refractivity contribution is -0.917. The molecule has 190 valence electrons. The van der Waals surface area contributed by atoms with Crippen LogP contribution in [0.1, 0.15) is 69.3 Å². The van der Waals surface area contributed by atoms with Crippen LogP contribution in [0.3, 0.4) is 0 Å². The molecular formula is C31H44NO3+. The molecule has 0 saturated heterocycles. The first-order valence-corrected chi connectivity index (χ1v) is 13.3. The van der Waals surface area contributed by atoms with E-state index in [0.717, 1.165) is 68.3 Å². The third kappa shape index (κ3) is 5.14. The molecule has 1 aromatic heterocycles. The monoisotopic (exact) mass is 478 g/mol. The summed E-state index contributed by atoms with van der Waals surface area (Å²) in [5.74, 6) is 1.82. The molecule has 0 bridgehead atoms. The number of allylic oxidation sites excluding steroid dienone is 1. The maximum atomic E-state index is 12.9. The number of methoxy groups -OCH3 is 1. The van der Waals surface area contributed by atoms with E-state index in [0.29, 0.717) is 11.8 Å². The van der Waals surface area contributed by atoms with Crippen LogP contribution in [0.5, 0.6) is 0 Å². The summed E-state index contributed by atoms with van der Waals surface area (Å²) in [6.45, 7) is 10.9. The van der Waals surface area contributed by atoms with Gasteiger partial charge in [0.1, 0.15) is 13.1 Å². The van der Waals surface area contributed by atoms with Crippen molar-refractivity contribution in [2.75, 3.05) is 21.2 Å². The number of rotatable bonds is 8. The fraction of sp³-hybridized carbons (Fsp3) is 0.581. The molecule has 1 heterocycles. The molecule has 2 aliphatic rings. The normalized spacial score (nSPS) is 29.0. The van der Waals surface area contributed by atoms with E-state index in [1.54, 1.807) is 0 Å². The fourth-order valence-corrected chi connectivity index (χ4v) is 7.51. The second kappa shape index (κ2) is 9.97. The first-order valence-electron chi connectivity index (χ1n) is 13.3. The SMILES string of the molecule is C=C1CCC2C(C)(C(=O)OC)CCCC2(C)C1CCc1ccoc1C[N+](C)(C)Cc1ccccc1. The minimum absolute atomic E-state index is 0.0322. The van der Waals surface area contributed by atoms with Crippen molar-refractivity contribution >= 4 is 5.97 Å². The van der Waals surface area contributed by atoms with Gasteiger partial charge in [0.15, 0.2) is 5.76 Å². The van der Waals surface area contributed by atoms with E-state index >= 15 is 0 Å². The second-order valence-corrected chi connectivity index (χ2v) is 12.2. The molecule has 4 atom stereocenters. The molecule has 4 heteroatoms. The average Bonchev–Trinajstić information content (AvgIpc) is 3.24. The van der Waals surface area contributed by atoms with Crippen LogP contribution in [0.25, 0.3) is 0 Å². The summed E-state index contributed by atoms with van der Waals surface area (Å²) < 4.78 is 12.2. The van der Waals surface area contributed by atoms with Gasteiger partial charge in [-0.05, 0) is 74.3 Å². The van der Waals surface area contributed by atoms with E-state index in [2.05, 4.69) is 70.9 Å². The smallest absolute Gasteiger partial charge is 0.311 e. The number of fused-ring (bicyclic) bond motifs is 1. The molecular weight excluding hydrogens is 434 g/mol. The topological polar surface area (TPSA) is 39.4 Å². The van der Waals surface area contributed by atoms with Crippen LogP contribution in [0.4, 0.5) is 0 Å². The standard InChI is InChI=1S/C31H44NO3/c1-23-13-16-28-30(2,18-10-19-31(28,3)29(33)34-6)26(23)15-14-25-17-20-35-27(25)22-32(4,5)21-24-11-8-7-9-12-24/h7-9,11-12,17,20,26,28H,1,10,13-16,18-19,21-22H2,2-6H3/q+1. The molecule has 1 aromatic carbocycles. The number of furan rings is 1. The van der Waals surface area contributed by atoms with Crippen LogP contribution in [0.15, 0.2) is 59.2 Å². The number of nitrogens with zero attached hydrogens (tertiary/aromatic N) is 1. The lowest BCUT2D eigenvalue weighted by Crippen LogP contribution is -2.53. The third-order valence-electron chi connectivity index (χ3n) is 9.24. The number of benzene rings is 1. The molecule has 4 nitrogen and oxygen atoms in total. The molecule has 4 rings (SSSR count). The molecule has 0 spiro atoms. The number of carbonyl (C=O) groups excluding carboxylic acids is 1. The van der Waals surface area contributed by atoms with Gasteiger partial charge in [-0.25, -0.2) is 0 Å². The van der Waals surface area contributed by atoms with Gasteiger partial charge in [-0.3, -0.25) is 4.79 Å². The molecule has 0 amide bonds. The van der Waals surface area contributed by atoms with Crippen LogP contribution >= 0.6 is 0 Å². The number of quaternary nitrogens is 1. The van der Waals surface area contributed by atoms with Crippen molar-refractivity contribution in [3.63, 3.8) is 0 Å². The summed E-state index contributed by atoms with van der Waals surface area (Å²) in [6.07, 6.45) is 9.11. The summed E-state index contributed by atoms with van der Waals surface area (Å²) in [6, 6.07) is 12.8. The van der Waals surface area contributed by atoms with Crippen molar-refractivity contribution in [3.8, 4) is 0 Å². The summed E-state index contributed by atoms with van der Waals surface area (Å²) in [4.78, 5) is 12.9. The van der Waals surface area contributed by atoms with E-state index in [-0.39, 0.29) is 16.8 Å². The van der Waals surface area contributed by atoms with Crippen molar-refractivity contribution in [2.24, 2.45) is 22.7 Å². The Morgan fingerprint density at radius 3 is 2.60 bits per heavy atom. The summed E-state index contributed by atoms with van der Waals surface area (Å²) in [7, 11) is 6.07. The van der Waals surface area contributed by atoms with Gasteiger partial charge >= 0.3 is 5.97 Å². The minimum Gasteiger partial charge on any atom is -0.469 e. The highest BCUT2D eigenvalue weighted by molar-refractivity contribution is 5.77. The van der Waals surface area contributed by atoms with Crippen molar-refractivity contribution in [1.29, 1.82) is 0 Å². The highest BCUT2D eigenvalue weighted by Crippen LogP contribution is 2.62. The number of ether oxygens (including phenoxy) is 1. The molecule has 4 unspecified atom stereocenters. The first kappa shape index (κ1) is 25.8. The van der Waals surface area contributed by atoms with Gasteiger partial charge < -0.3 is 13.6 Å². The molecule has 2 fully saturated rings. The zero-order valence-electron chi connectivity index (χ0n) is 22.4. The number of hydrogen-bond donors (Lipinski definition) is 0. The van der Waals surface area contributed by atoms with Crippen LogP contribution in [0, 0.1) is 22.7 Å². The van der Waals surface area contributed by atoms with E-state index < -0.39 is 0 Å². The number of carbonyl (C=O) groups is 1. The summed E-state index contributed by atoms with van der Waals surface area (Å²) in [5.41, 5.74) is 3.72. The Morgan fingerprint density at radius 2 is 1.89 bits per heavy atom. The van der Waals surface area contributed by atoms with Gasteiger partial charge in [-0.15, -0.1) is 0 Å². The average molecular weight is 479 g/mol. The Bertz CT molecular complexity index is 1040. The van der Waals surface area contributed by atoms with Crippen LogP contribution in [0.2, 0.25) is 0 Å². The van der Waals surface area contributed by atoms with Crippen LogP contribution < -0.4 is 0 Å². The quantitative estimate of drug-likeness (QED) is 0.234. The fourth-order valence-electron chi connectivity index (χ4n) is 7.51. The van der Waals surface area contributed by atoms with E-state index in [1.807, 2.05) is 6.26 Å². The summed E-state index contributed by atoms with van der Waals surface area (Å²) >= 11 is 0. The molecule has 0 radical (unpaired) electrons. The Morgan fingerprint density at radius 1 is 1.14 bits per heavy atom. The maximum Gasteiger partial charge on any atom is 0.311 e. The molecule has 0 aliphatic heterocycles. The first-order chi connectivity index (χ1) is 16.6. The molecule has 2 saturated carbocycles. The van der Waals surface area contributed by atoms with Gasteiger partial charge in [-0.2, -0.15) is 0 Å². The Labute approximate surface area is 211 Å². The van der Waals surface area contributed by atoms with Crippen molar-refractivity contribution < 1.29 is 18.4 Å². The van der Waals surface area contributed by atoms with Gasteiger partial charge in [0.25, 0.3) is 0 Å². The van der Waals surface area contributed by atoms with Gasteiger partial charge in [-0.1, -0.05) is 55.8 Å². The zero-order valence-corrected chi connectivity index (χ0v) is 22.4. The predicted molar refractivity (Wildman–Crippen MR) is 140 cm³/mol. The Balaban J connectivity index is 1.48. The molecule has 0 N–H and O–H groups in total. The molecule has 35 heavy (non-hydrogen) atoms. The lowest BCUT2D eigenvalue weighted by Gasteiger charge is -2.57. The Kier molecular flexibility index (Phi) is 7.33. The lowest BCUT2D eigenvalue weighted by atomic mass is 9.46. The maximum absolute atomic E-state index is 12.9.